The molecule has 7 heteroatoms. The molecular formula is C20H22FN3O3. The van der Waals surface area contributed by atoms with Gasteiger partial charge in [-0.3, -0.25) is 9.59 Å². The number of para-hydroxylation sites is 3. The second-order valence-electron chi connectivity index (χ2n) is 6.27. The van der Waals surface area contributed by atoms with Gasteiger partial charge in [-0.1, -0.05) is 31.2 Å². The summed E-state index contributed by atoms with van der Waals surface area (Å²) in [5.41, 5.74) is 0.849. The van der Waals surface area contributed by atoms with Crippen LogP contribution in [-0.2, 0) is 9.59 Å². The Morgan fingerprint density at radius 1 is 1.19 bits per heavy atom. The first-order valence-electron chi connectivity index (χ1n) is 8.91. The van der Waals surface area contributed by atoms with Crippen LogP contribution < -0.4 is 20.3 Å². The zero-order valence-electron chi connectivity index (χ0n) is 15.1. The zero-order valence-corrected chi connectivity index (χ0v) is 15.1. The average Bonchev–Trinajstić information content (AvgIpc) is 2.67. The lowest BCUT2D eigenvalue weighted by Gasteiger charge is -2.35. The molecule has 1 atom stereocenters. The molecule has 0 bridgehead atoms. The van der Waals surface area contributed by atoms with Crippen LogP contribution in [0.1, 0.15) is 13.3 Å². The Hall–Kier alpha value is -3.09. The molecule has 2 N–H and O–H groups in total. The molecule has 0 fully saturated rings. The minimum absolute atomic E-state index is 0.0216. The van der Waals surface area contributed by atoms with E-state index in [1.807, 2.05) is 25.1 Å². The Bertz CT molecular complexity index is 828. The van der Waals surface area contributed by atoms with Gasteiger partial charge in [0.1, 0.15) is 11.6 Å². The van der Waals surface area contributed by atoms with Gasteiger partial charge >= 0.3 is 0 Å². The predicted molar refractivity (Wildman–Crippen MR) is 101 cm³/mol. The fourth-order valence-corrected chi connectivity index (χ4v) is 2.88. The van der Waals surface area contributed by atoms with E-state index < -0.39 is 11.9 Å². The number of nitrogens with one attached hydrogen (secondary N) is 2. The van der Waals surface area contributed by atoms with Crippen molar-refractivity contribution in [3.63, 3.8) is 0 Å². The highest BCUT2D eigenvalue weighted by atomic mass is 19.1. The van der Waals surface area contributed by atoms with Gasteiger partial charge in [-0.05, 0) is 30.7 Å². The van der Waals surface area contributed by atoms with E-state index >= 15 is 0 Å². The minimum atomic E-state index is -0.715. The monoisotopic (exact) mass is 371 g/mol. The molecule has 0 unspecified atom stereocenters. The smallest absolute Gasteiger partial charge is 0.262 e. The van der Waals surface area contributed by atoms with Crippen molar-refractivity contribution >= 4 is 23.2 Å². The molecule has 142 valence electrons. The fraction of sp³-hybridized carbons (Fsp3) is 0.300. The van der Waals surface area contributed by atoms with Crippen molar-refractivity contribution in [2.24, 2.45) is 0 Å². The Kier molecular flexibility index (Phi) is 5.90. The second-order valence-corrected chi connectivity index (χ2v) is 6.27. The predicted octanol–water partition coefficient (Wildman–Crippen LogP) is 2.56. The number of halogens is 1. The Morgan fingerprint density at radius 3 is 2.70 bits per heavy atom. The van der Waals surface area contributed by atoms with Crippen LogP contribution in [0.25, 0.3) is 0 Å². The fourth-order valence-electron chi connectivity index (χ4n) is 2.88. The normalized spacial score (nSPS) is 15.5. The summed E-state index contributed by atoms with van der Waals surface area (Å²) in [6.45, 7) is 2.74. The molecule has 2 amide bonds. The summed E-state index contributed by atoms with van der Waals surface area (Å²) in [4.78, 5) is 26.5. The van der Waals surface area contributed by atoms with E-state index in [0.29, 0.717) is 12.3 Å². The Labute approximate surface area is 157 Å². The van der Waals surface area contributed by atoms with Crippen molar-refractivity contribution in [2.75, 3.05) is 29.9 Å². The van der Waals surface area contributed by atoms with Gasteiger partial charge in [0.25, 0.3) is 5.91 Å². The molecule has 2 aromatic carbocycles. The third-order valence-corrected chi connectivity index (χ3v) is 4.19. The van der Waals surface area contributed by atoms with Crippen molar-refractivity contribution in [3.05, 3.63) is 54.3 Å². The summed E-state index contributed by atoms with van der Waals surface area (Å²) in [6, 6.07) is 13.2. The van der Waals surface area contributed by atoms with Crippen LogP contribution in [0.2, 0.25) is 0 Å². The van der Waals surface area contributed by atoms with E-state index in [2.05, 4.69) is 10.6 Å². The van der Waals surface area contributed by atoms with E-state index in [1.54, 1.807) is 23.1 Å². The summed E-state index contributed by atoms with van der Waals surface area (Å²) in [5, 5.41) is 5.38. The van der Waals surface area contributed by atoms with Crippen molar-refractivity contribution in [1.82, 2.24) is 5.32 Å². The van der Waals surface area contributed by atoms with Crippen LogP contribution in [0.5, 0.6) is 5.75 Å². The quantitative estimate of drug-likeness (QED) is 0.819. The van der Waals surface area contributed by atoms with Crippen LogP contribution in [0.4, 0.5) is 15.8 Å². The van der Waals surface area contributed by atoms with Gasteiger partial charge in [-0.25, -0.2) is 4.39 Å². The van der Waals surface area contributed by atoms with Crippen LogP contribution in [0, 0.1) is 5.82 Å². The molecule has 2 aromatic rings. The summed E-state index contributed by atoms with van der Waals surface area (Å²) >= 11 is 0. The van der Waals surface area contributed by atoms with Gasteiger partial charge in [0.15, 0.2) is 6.10 Å². The number of ether oxygens (including phenoxy) is 1. The average molecular weight is 371 g/mol. The van der Waals surface area contributed by atoms with E-state index in [9.17, 15) is 14.0 Å². The van der Waals surface area contributed by atoms with E-state index in [1.165, 1.54) is 12.1 Å². The number of anilines is 2. The lowest BCUT2D eigenvalue weighted by molar-refractivity contribution is -0.128. The number of hydrogen-bond acceptors (Lipinski definition) is 4. The van der Waals surface area contributed by atoms with Gasteiger partial charge in [-0.2, -0.15) is 0 Å². The van der Waals surface area contributed by atoms with Gasteiger partial charge in [0.05, 0.1) is 24.5 Å². The van der Waals surface area contributed by atoms with Crippen LogP contribution >= 0.6 is 0 Å². The topological polar surface area (TPSA) is 70.7 Å². The molecule has 0 spiro atoms. The molecule has 0 aliphatic carbocycles. The minimum Gasteiger partial charge on any atom is -0.477 e. The molecule has 0 aromatic heterocycles. The Morgan fingerprint density at radius 2 is 1.93 bits per heavy atom. The maximum atomic E-state index is 13.8. The van der Waals surface area contributed by atoms with E-state index in [-0.39, 0.29) is 30.6 Å². The third kappa shape index (κ3) is 4.55. The number of nitrogens with zero attached hydrogens (tertiary/aromatic N) is 1. The first-order chi connectivity index (χ1) is 13.1. The number of rotatable bonds is 6. The lowest BCUT2D eigenvalue weighted by Crippen LogP contribution is -2.50. The number of carbonyl (C=O) groups excluding carboxylic acids is 2. The summed E-state index contributed by atoms with van der Waals surface area (Å²) in [6.07, 6.45) is 0.108. The van der Waals surface area contributed by atoms with Crippen molar-refractivity contribution in [3.8, 4) is 5.75 Å². The standard InChI is InChI=1S/C20H22FN3O3/c1-2-11-22-20(26)18-12-24(16-9-5-6-10-17(16)27-18)13-19(25)23-15-8-4-3-7-14(15)21/h3-10,18H,2,11-13H2,1H3,(H,22,26)(H,23,25)/t18-/m1/s1. The molecule has 1 aliphatic heterocycles. The highest BCUT2D eigenvalue weighted by molar-refractivity contribution is 5.95. The van der Waals surface area contributed by atoms with Crippen molar-refractivity contribution in [2.45, 2.75) is 19.4 Å². The van der Waals surface area contributed by atoms with Gasteiger partial charge in [0.2, 0.25) is 5.91 Å². The number of amides is 2. The van der Waals surface area contributed by atoms with Crippen molar-refractivity contribution < 1.29 is 18.7 Å². The second kappa shape index (κ2) is 8.53. The summed E-state index contributed by atoms with van der Waals surface area (Å²) < 4.78 is 19.5. The molecule has 1 heterocycles. The van der Waals surface area contributed by atoms with Crippen LogP contribution in [-0.4, -0.2) is 37.6 Å². The third-order valence-electron chi connectivity index (χ3n) is 4.19. The maximum Gasteiger partial charge on any atom is 0.262 e. The molecular weight excluding hydrogens is 349 g/mol. The molecule has 0 saturated heterocycles. The Balaban J connectivity index is 1.73. The first-order valence-corrected chi connectivity index (χ1v) is 8.91. The van der Waals surface area contributed by atoms with Crippen molar-refractivity contribution in [1.29, 1.82) is 0 Å². The summed E-state index contributed by atoms with van der Waals surface area (Å²) in [7, 11) is 0. The van der Waals surface area contributed by atoms with Crippen LogP contribution in [0.15, 0.2) is 48.5 Å². The molecule has 27 heavy (non-hydrogen) atoms. The molecule has 1 aliphatic rings. The van der Waals surface area contributed by atoms with E-state index in [0.717, 1.165) is 12.1 Å². The molecule has 3 rings (SSSR count). The molecule has 6 nitrogen and oxygen atoms in total. The van der Waals surface area contributed by atoms with Gasteiger partial charge < -0.3 is 20.3 Å². The number of benzene rings is 2. The van der Waals surface area contributed by atoms with Gasteiger partial charge in [-0.15, -0.1) is 0 Å². The lowest BCUT2D eigenvalue weighted by atomic mass is 10.1. The largest absolute Gasteiger partial charge is 0.477 e. The van der Waals surface area contributed by atoms with Crippen LogP contribution in [0.3, 0.4) is 0 Å². The van der Waals surface area contributed by atoms with Gasteiger partial charge in [0, 0.05) is 6.54 Å². The number of carbonyl (C=O) groups is 2. The maximum absolute atomic E-state index is 13.8. The highest BCUT2D eigenvalue weighted by Gasteiger charge is 2.31. The first kappa shape index (κ1) is 18.7. The number of hydrogen-bond donors (Lipinski definition) is 2. The molecule has 0 radical (unpaired) electrons. The molecule has 0 saturated carbocycles. The SMILES string of the molecule is CCCNC(=O)[C@H]1CN(CC(=O)Nc2ccccc2F)c2ccccc2O1. The zero-order chi connectivity index (χ0) is 19.2. The highest BCUT2D eigenvalue weighted by Crippen LogP contribution is 2.33. The number of fused-ring (bicyclic) bond motifs is 1. The van der Waals surface area contributed by atoms with E-state index in [4.69, 9.17) is 4.74 Å². The summed E-state index contributed by atoms with van der Waals surface area (Å²) in [5.74, 6) is -0.542.